The Balaban J connectivity index is 0.000000674. The summed E-state index contributed by atoms with van der Waals surface area (Å²) in [6, 6.07) is 3.17. The first-order chi connectivity index (χ1) is 25.3. The molecule has 5 heterocycles. The van der Waals surface area contributed by atoms with Gasteiger partial charge in [0.25, 0.3) is 0 Å². The first-order valence-electron chi connectivity index (χ1n) is 23.2. The molecule has 0 saturated carbocycles. The summed E-state index contributed by atoms with van der Waals surface area (Å²) in [7, 11) is 0. The fourth-order valence-electron chi connectivity index (χ4n) is 9.65. The zero-order valence-corrected chi connectivity index (χ0v) is 40.3. The van der Waals surface area contributed by atoms with Gasteiger partial charge in [-0.25, -0.2) is 0 Å². The summed E-state index contributed by atoms with van der Waals surface area (Å²) in [5.41, 5.74) is 0.431. The van der Waals surface area contributed by atoms with E-state index in [9.17, 15) is 9.59 Å². The average Bonchev–Trinajstić information content (AvgIpc) is 3.07. The molecule has 5 fully saturated rings. The van der Waals surface area contributed by atoms with Crippen molar-refractivity contribution in [3.8, 4) is 0 Å². The second-order valence-electron chi connectivity index (χ2n) is 21.2. The van der Waals surface area contributed by atoms with Gasteiger partial charge in [-0.05, 0) is 200 Å². The Bertz CT molecular complexity index is 1050. The van der Waals surface area contributed by atoms with Gasteiger partial charge in [0, 0.05) is 67.2 Å². The molecule has 5 saturated heterocycles. The third-order valence-corrected chi connectivity index (χ3v) is 13.3. The van der Waals surface area contributed by atoms with Crippen LogP contribution in [0.25, 0.3) is 0 Å². The lowest BCUT2D eigenvalue weighted by Crippen LogP contribution is -2.56. The predicted octanol–water partition coefficient (Wildman–Crippen LogP) is 11.2. The monoisotopic (exact) mass is 792 g/mol. The molecule has 2 atom stereocenters. The molecule has 0 aliphatic carbocycles. The predicted molar refractivity (Wildman–Crippen MR) is 247 cm³/mol. The van der Waals surface area contributed by atoms with Crippen molar-refractivity contribution >= 4 is 11.6 Å². The smallest absolute Gasteiger partial charge is 0.152 e. The number of hydrogen-bond acceptors (Lipinski definition) is 7. The minimum absolute atomic E-state index is 0. The Morgan fingerprint density at radius 3 is 1.25 bits per heavy atom. The van der Waals surface area contributed by atoms with E-state index in [1.807, 2.05) is 13.8 Å². The van der Waals surface area contributed by atoms with Crippen LogP contribution in [0.3, 0.4) is 0 Å². The second-order valence-corrected chi connectivity index (χ2v) is 21.2. The van der Waals surface area contributed by atoms with Crippen molar-refractivity contribution in [1.29, 1.82) is 0 Å². The van der Waals surface area contributed by atoms with Gasteiger partial charge in [0.15, 0.2) is 5.78 Å². The summed E-state index contributed by atoms with van der Waals surface area (Å²) in [4.78, 5) is 35.2. The molecular weight excluding hydrogens is 691 g/mol. The summed E-state index contributed by atoms with van der Waals surface area (Å²) in [5.74, 6) is 2.64. The quantitative estimate of drug-likeness (QED) is 0.275. The number of hydrogen-bond donors (Lipinski definition) is 0. The number of ketones is 2. The number of carbonyl (C=O) groups excluding carboxylic acids is 2. The van der Waals surface area contributed by atoms with Gasteiger partial charge >= 0.3 is 0 Å². The van der Waals surface area contributed by atoms with Gasteiger partial charge in [-0.2, -0.15) is 0 Å². The van der Waals surface area contributed by atoms with Crippen LogP contribution in [0.5, 0.6) is 0 Å². The fraction of sp³-hybridized carbons (Fsp3) is 0.959. The molecule has 7 nitrogen and oxygen atoms in total. The molecule has 0 bridgehead atoms. The fourth-order valence-corrected chi connectivity index (χ4v) is 9.65. The summed E-state index contributed by atoms with van der Waals surface area (Å²) in [6.45, 7) is 48.6. The van der Waals surface area contributed by atoms with Gasteiger partial charge < -0.3 is 9.80 Å². The van der Waals surface area contributed by atoms with Gasteiger partial charge in [-0.1, -0.05) is 27.7 Å². The SMILES string of the molecule is C.CC(C)N1CC(=O)CCC1(C)C.CC(C)N1CCCC(=O)C1(C)C.CC(C)N1CCCCC1(C)C.CC(C)N1CCC[C@@H](C)C1.CC(C)N1CCC[C@H](C)C1. The average molecular weight is 792 g/mol. The number of piperidine rings is 5. The normalized spacial score (nSPS) is 26.3. The van der Waals surface area contributed by atoms with Crippen molar-refractivity contribution in [3.63, 3.8) is 0 Å². The number of likely N-dealkylation sites (tertiary alicyclic amines) is 5. The third kappa shape index (κ3) is 19.0. The highest BCUT2D eigenvalue weighted by atomic mass is 16.1. The molecule has 7 heteroatoms. The third-order valence-electron chi connectivity index (χ3n) is 13.3. The maximum absolute atomic E-state index is 11.6. The zero-order chi connectivity index (χ0) is 42.3. The van der Waals surface area contributed by atoms with E-state index < -0.39 is 0 Å². The second kappa shape index (κ2) is 25.7. The van der Waals surface area contributed by atoms with Gasteiger partial charge in [0.2, 0.25) is 0 Å². The standard InChI is InChI=1S/2C10H19NO.C10H21N.2C9H19N.CH4/c1-8(2)11-7-9(12)5-6-10(11,3)4;1-8(2)11-7-5-6-9(12)10(11,3)4;1-9(2)11-8-6-5-7-10(11,3)4;2*1-8(2)10-6-4-5-9(3)7-10;/h2*8H,5-7H2,1-4H3;9H,5-8H2,1-4H3;2*8-9H,4-7H2,1-3H3;1H4/t;;;2*9-;/m...10./s1. The van der Waals surface area contributed by atoms with Crippen molar-refractivity contribution in [3.05, 3.63) is 0 Å². The van der Waals surface area contributed by atoms with Crippen LogP contribution in [-0.4, -0.2) is 129 Å². The van der Waals surface area contributed by atoms with Crippen LogP contribution in [0.1, 0.15) is 203 Å². The van der Waals surface area contributed by atoms with Crippen LogP contribution in [0, 0.1) is 11.8 Å². The van der Waals surface area contributed by atoms with E-state index in [0.717, 1.165) is 56.1 Å². The Morgan fingerprint density at radius 2 is 0.929 bits per heavy atom. The van der Waals surface area contributed by atoms with E-state index >= 15 is 0 Å². The van der Waals surface area contributed by atoms with E-state index in [4.69, 9.17) is 0 Å². The van der Waals surface area contributed by atoms with E-state index in [0.29, 0.717) is 41.8 Å². The van der Waals surface area contributed by atoms with Gasteiger partial charge in [-0.15, -0.1) is 0 Å². The van der Waals surface area contributed by atoms with Crippen LogP contribution < -0.4 is 0 Å². The lowest BCUT2D eigenvalue weighted by atomic mass is 9.88. The maximum Gasteiger partial charge on any atom is 0.152 e. The highest BCUT2D eigenvalue weighted by Crippen LogP contribution is 2.30. The molecule has 0 N–H and O–H groups in total. The molecule has 0 unspecified atom stereocenters. The van der Waals surface area contributed by atoms with Gasteiger partial charge in [-0.3, -0.25) is 24.3 Å². The molecule has 0 aromatic rings. The Morgan fingerprint density at radius 1 is 0.500 bits per heavy atom. The Labute approximate surface area is 351 Å². The number of rotatable bonds is 5. The molecule has 0 radical (unpaired) electrons. The lowest BCUT2D eigenvalue weighted by molar-refractivity contribution is -0.134. The summed E-state index contributed by atoms with van der Waals surface area (Å²) in [5, 5.41) is 0. The minimum Gasteiger partial charge on any atom is -0.301 e. The highest BCUT2D eigenvalue weighted by molar-refractivity contribution is 5.88. The van der Waals surface area contributed by atoms with Crippen molar-refractivity contribution in [2.45, 2.75) is 250 Å². The van der Waals surface area contributed by atoms with E-state index in [2.05, 4.69) is 135 Å². The number of Topliss-reactive ketones (excluding diaryl/α,β-unsaturated/α-hetero) is 2. The topological polar surface area (TPSA) is 50.3 Å². The lowest BCUT2D eigenvalue weighted by Gasteiger charge is -2.45. The first-order valence-corrected chi connectivity index (χ1v) is 23.2. The van der Waals surface area contributed by atoms with Crippen molar-refractivity contribution in [1.82, 2.24) is 24.5 Å². The van der Waals surface area contributed by atoms with Crippen LogP contribution in [0.2, 0.25) is 0 Å². The Kier molecular flexibility index (Phi) is 25.3. The Hall–Kier alpha value is -0.860. The largest absolute Gasteiger partial charge is 0.301 e. The summed E-state index contributed by atoms with van der Waals surface area (Å²) < 4.78 is 0. The van der Waals surface area contributed by atoms with E-state index in [1.165, 1.54) is 77.7 Å². The summed E-state index contributed by atoms with van der Waals surface area (Å²) in [6.07, 6.45) is 13.4. The van der Waals surface area contributed by atoms with E-state index in [-0.39, 0.29) is 18.5 Å². The van der Waals surface area contributed by atoms with Crippen LogP contribution in [0.15, 0.2) is 0 Å². The molecular formula is C49H101N5O2. The van der Waals surface area contributed by atoms with Crippen LogP contribution in [-0.2, 0) is 9.59 Å². The zero-order valence-electron chi connectivity index (χ0n) is 40.3. The van der Waals surface area contributed by atoms with Crippen molar-refractivity contribution in [2.75, 3.05) is 45.8 Å². The molecule has 0 amide bonds. The number of nitrogens with zero attached hydrogens (tertiary/aromatic N) is 5. The van der Waals surface area contributed by atoms with E-state index in [1.54, 1.807) is 0 Å². The van der Waals surface area contributed by atoms with Crippen molar-refractivity contribution < 1.29 is 9.59 Å². The van der Waals surface area contributed by atoms with Gasteiger partial charge in [0.05, 0.1) is 12.1 Å². The first kappa shape index (κ1) is 55.1. The van der Waals surface area contributed by atoms with Gasteiger partial charge in [0.1, 0.15) is 5.78 Å². The molecule has 56 heavy (non-hydrogen) atoms. The number of carbonyl (C=O) groups is 2. The molecule has 5 aliphatic heterocycles. The molecule has 5 rings (SSSR count). The summed E-state index contributed by atoms with van der Waals surface area (Å²) >= 11 is 0. The maximum atomic E-state index is 11.6. The molecule has 5 aliphatic rings. The van der Waals surface area contributed by atoms with Crippen LogP contribution >= 0.6 is 0 Å². The molecule has 334 valence electrons. The molecule has 0 spiro atoms. The van der Waals surface area contributed by atoms with Crippen LogP contribution in [0.4, 0.5) is 0 Å². The molecule has 0 aromatic carbocycles. The minimum atomic E-state index is -0.230. The molecule has 0 aromatic heterocycles. The highest BCUT2D eigenvalue weighted by Gasteiger charge is 2.38. The van der Waals surface area contributed by atoms with Crippen molar-refractivity contribution in [2.24, 2.45) is 11.8 Å².